The van der Waals surface area contributed by atoms with Gasteiger partial charge in [0, 0.05) is 0 Å². The molecule has 0 unspecified atom stereocenters. The van der Waals surface area contributed by atoms with Crippen molar-refractivity contribution in [2.45, 2.75) is 25.7 Å². The van der Waals surface area contributed by atoms with Gasteiger partial charge in [-0.05, 0) is 72.2 Å². The number of carboxylic acids is 1. The number of aryl methyl sites for hydroxylation is 4. The number of methoxy groups -OCH3 is 3. The molecule has 0 radical (unpaired) electrons. The first kappa shape index (κ1) is 22.2. The van der Waals surface area contributed by atoms with E-state index in [1.807, 2.05) is 18.2 Å². The predicted octanol–water partition coefficient (Wildman–Crippen LogP) is 4.98. The van der Waals surface area contributed by atoms with Crippen LogP contribution < -0.4 is 14.2 Å². The zero-order valence-corrected chi connectivity index (χ0v) is 18.2. The fourth-order valence-electron chi connectivity index (χ4n) is 3.55. The van der Waals surface area contributed by atoms with Gasteiger partial charge in [0.05, 0.1) is 21.3 Å². The van der Waals surface area contributed by atoms with Crippen molar-refractivity contribution in [3.8, 4) is 17.2 Å². The summed E-state index contributed by atoms with van der Waals surface area (Å²) in [7, 11) is 4.78. The van der Waals surface area contributed by atoms with Gasteiger partial charge in [0.2, 0.25) is 0 Å². The molecular weight excluding hydrogens is 392 g/mol. The Bertz CT molecular complexity index is 1020. The van der Waals surface area contributed by atoms with Crippen LogP contribution in [0.25, 0.3) is 0 Å². The number of aromatic carboxylic acids is 1. The van der Waals surface area contributed by atoms with Crippen LogP contribution >= 0.6 is 0 Å². The minimum Gasteiger partial charge on any atom is -0.496 e. The van der Waals surface area contributed by atoms with Crippen LogP contribution in [-0.2, 0) is 25.7 Å². The number of carboxylic acid groups (broad SMARTS) is 1. The highest BCUT2D eigenvalue weighted by molar-refractivity contribution is 5.91. The predicted molar refractivity (Wildman–Crippen MR) is 121 cm³/mol. The van der Waals surface area contributed by atoms with Crippen LogP contribution in [-0.4, -0.2) is 32.4 Å². The van der Waals surface area contributed by atoms with Crippen LogP contribution in [0.1, 0.15) is 32.6 Å². The highest BCUT2D eigenvalue weighted by Gasteiger charge is 2.11. The summed E-state index contributed by atoms with van der Waals surface area (Å²) in [6.45, 7) is 0. The van der Waals surface area contributed by atoms with E-state index in [4.69, 9.17) is 14.2 Å². The number of rotatable bonds is 10. The molecule has 0 fully saturated rings. The minimum atomic E-state index is -0.980. The second-order valence-electron chi connectivity index (χ2n) is 7.35. The lowest BCUT2D eigenvalue weighted by molar-refractivity contribution is 0.0693. The van der Waals surface area contributed by atoms with Gasteiger partial charge < -0.3 is 19.3 Å². The summed E-state index contributed by atoms with van der Waals surface area (Å²) in [4.78, 5) is 11.2. The van der Waals surface area contributed by atoms with Gasteiger partial charge in [-0.1, -0.05) is 36.4 Å². The molecule has 3 aromatic rings. The Hall–Kier alpha value is -3.47. The lowest BCUT2D eigenvalue weighted by Gasteiger charge is -2.10. The second kappa shape index (κ2) is 10.5. The third-order valence-electron chi connectivity index (χ3n) is 5.37. The average Bonchev–Trinajstić information content (AvgIpc) is 2.81. The SMILES string of the molecule is COc1ccc(CCc2ccc(CCc3ccc(C(=O)O)c(OC)c3)cc2)cc1OC. The summed E-state index contributed by atoms with van der Waals surface area (Å²) in [5, 5.41) is 9.20. The first-order chi connectivity index (χ1) is 15.0. The van der Waals surface area contributed by atoms with E-state index < -0.39 is 5.97 Å². The van der Waals surface area contributed by atoms with E-state index in [1.54, 1.807) is 26.4 Å². The smallest absolute Gasteiger partial charge is 0.339 e. The number of ether oxygens (including phenoxy) is 3. The van der Waals surface area contributed by atoms with Crippen molar-refractivity contribution >= 4 is 5.97 Å². The molecule has 0 aliphatic carbocycles. The highest BCUT2D eigenvalue weighted by Crippen LogP contribution is 2.28. The maximum Gasteiger partial charge on any atom is 0.339 e. The van der Waals surface area contributed by atoms with E-state index >= 15 is 0 Å². The van der Waals surface area contributed by atoms with Gasteiger partial charge in [0.25, 0.3) is 0 Å². The summed E-state index contributed by atoms with van der Waals surface area (Å²) in [5.74, 6) is 0.914. The van der Waals surface area contributed by atoms with Crippen molar-refractivity contribution in [3.05, 3.63) is 88.5 Å². The topological polar surface area (TPSA) is 65.0 Å². The molecular formula is C26H28O5. The molecule has 5 heteroatoms. The van der Waals surface area contributed by atoms with E-state index in [0.717, 1.165) is 42.7 Å². The summed E-state index contributed by atoms with van der Waals surface area (Å²) >= 11 is 0. The molecule has 162 valence electrons. The maximum atomic E-state index is 11.2. The van der Waals surface area contributed by atoms with Crippen LogP contribution in [0, 0.1) is 0 Å². The molecule has 0 aliphatic rings. The quantitative estimate of drug-likeness (QED) is 0.501. The minimum absolute atomic E-state index is 0.185. The molecule has 0 spiro atoms. The van der Waals surface area contributed by atoms with Crippen molar-refractivity contribution < 1.29 is 24.1 Å². The zero-order chi connectivity index (χ0) is 22.2. The van der Waals surface area contributed by atoms with Gasteiger partial charge in [-0.2, -0.15) is 0 Å². The van der Waals surface area contributed by atoms with Crippen LogP contribution in [0.3, 0.4) is 0 Å². The number of carbonyl (C=O) groups is 1. The van der Waals surface area contributed by atoms with Crippen LogP contribution in [0.4, 0.5) is 0 Å². The van der Waals surface area contributed by atoms with Gasteiger partial charge >= 0.3 is 5.97 Å². The fourth-order valence-corrected chi connectivity index (χ4v) is 3.55. The summed E-state index contributed by atoms with van der Waals surface area (Å²) in [6.07, 6.45) is 3.58. The molecule has 31 heavy (non-hydrogen) atoms. The van der Waals surface area contributed by atoms with Gasteiger partial charge in [-0.25, -0.2) is 4.79 Å². The number of hydrogen-bond donors (Lipinski definition) is 1. The monoisotopic (exact) mass is 420 g/mol. The van der Waals surface area contributed by atoms with Crippen molar-refractivity contribution in [1.82, 2.24) is 0 Å². The number of benzene rings is 3. The first-order valence-electron chi connectivity index (χ1n) is 10.2. The molecule has 0 amide bonds. The summed E-state index contributed by atoms with van der Waals surface area (Å²) in [6, 6.07) is 20.0. The molecule has 3 aromatic carbocycles. The zero-order valence-electron chi connectivity index (χ0n) is 18.2. The van der Waals surface area contributed by atoms with E-state index in [1.165, 1.54) is 23.8 Å². The molecule has 1 N–H and O–H groups in total. The Morgan fingerprint density at radius 2 is 1.03 bits per heavy atom. The Kier molecular flexibility index (Phi) is 7.55. The molecule has 0 bridgehead atoms. The molecule has 5 nitrogen and oxygen atoms in total. The Balaban J connectivity index is 1.56. The Morgan fingerprint density at radius 1 is 0.613 bits per heavy atom. The summed E-state index contributed by atoms with van der Waals surface area (Å²) < 4.78 is 15.9. The van der Waals surface area contributed by atoms with Gasteiger partial charge in [0.1, 0.15) is 11.3 Å². The van der Waals surface area contributed by atoms with E-state index in [9.17, 15) is 9.90 Å². The Labute approximate surface area is 183 Å². The van der Waals surface area contributed by atoms with Crippen LogP contribution in [0.2, 0.25) is 0 Å². The number of hydrogen-bond acceptors (Lipinski definition) is 4. The largest absolute Gasteiger partial charge is 0.496 e. The van der Waals surface area contributed by atoms with Crippen LogP contribution in [0.5, 0.6) is 17.2 Å². The van der Waals surface area contributed by atoms with Gasteiger partial charge in [0.15, 0.2) is 11.5 Å². The molecule has 0 aromatic heterocycles. The third-order valence-corrected chi connectivity index (χ3v) is 5.37. The summed E-state index contributed by atoms with van der Waals surface area (Å²) in [5.41, 5.74) is 4.98. The molecule has 0 heterocycles. The van der Waals surface area contributed by atoms with E-state index in [0.29, 0.717) is 5.75 Å². The maximum absolute atomic E-state index is 11.2. The standard InChI is InChI=1S/C26H28O5/c1-29-23-15-13-21(17-25(23)31-3)11-9-19-6-4-18(5-7-19)8-10-20-12-14-22(26(27)28)24(16-20)30-2/h4-7,12-17H,8-11H2,1-3H3,(H,27,28). The lowest BCUT2D eigenvalue weighted by Crippen LogP contribution is -2.02. The van der Waals surface area contributed by atoms with Crippen LogP contribution in [0.15, 0.2) is 60.7 Å². The van der Waals surface area contributed by atoms with Crippen molar-refractivity contribution in [2.24, 2.45) is 0 Å². The molecule has 0 aliphatic heterocycles. The highest BCUT2D eigenvalue weighted by atomic mass is 16.5. The molecule has 3 rings (SSSR count). The van der Waals surface area contributed by atoms with Crippen molar-refractivity contribution in [2.75, 3.05) is 21.3 Å². The molecule has 0 saturated heterocycles. The lowest BCUT2D eigenvalue weighted by atomic mass is 9.99. The fraction of sp³-hybridized carbons (Fsp3) is 0.269. The Morgan fingerprint density at radius 3 is 1.52 bits per heavy atom. The average molecular weight is 421 g/mol. The van der Waals surface area contributed by atoms with Gasteiger partial charge in [-0.3, -0.25) is 0 Å². The normalized spacial score (nSPS) is 10.5. The van der Waals surface area contributed by atoms with E-state index in [-0.39, 0.29) is 5.56 Å². The van der Waals surface area contributed by atoms with Gasteiger partial charge in [-0.15, -0.1) is 0 Å². The molecule has 0 atom stereocenters. The van der Waals surface area contributed by atoms with Crippen molar-refractivity contribution in [1.29, 1.82) is 0 Å². The first-order valence-corrected chi connectivity index (χ1v) is 10.2. The third kappa shape index (κ3) is 5.79. The second-order valence-corrected chi connectivity index (χ2v) is 7.35. The van der Waals surface area contributed by atoms with Crippen molar-refractivity contribution in [3.63, 3.8) is 0 Å². The van der Waals surface area contributed by atoms with E-state index in [2.05, 4.69) is 30.3 Å². The molecule has 0 saturated carbocycles.